The lowest BCUT2D eigenvalue weighted by Gasteiger charge is -2.01. The fourth-order valence-electron chi connectivity index (χ4n) is 1.80. The molecule has 1 N–H and O–H groups in total. The van der Waals surface area contributed by atoms with Gasteiger partial charge in [0.05, 0.1) is 5.69 Å². The molecular formula is C13H12F2N2O2. The van der Waals surface area contributed by atoms with E-state index >= 15 is 0 Å². The number of benzene rings is 1. The van der Waals surface area contributed by atoms with Crippen molar-refractivity contribution in [1.29, 1.82) is 0 Å². The van der Waals surface area contributed by atoms with E-state index in [-0.39, 0.29) is 17.0 Å². The Bertz CT molecular complexity index is 623. The number of hydrogen-bond acceptors (Lipinski definition) is 2. The van der Waals surface area contributed by atoms with E-state index in [9.17, 15) is 13.6 Å². The summed E-state index contributed by atoms with van der Waals surface area (Å²) < 4.78 is 27.8. The second-order valence-corrected chi connectivity index (χ2v) is 4.07. The zero-order chi connectivity index (χ0) is 14.0. The Balaban J connectivity index is 2.50. The van der Waals surface area contributed by atoms with Gasteiger partial charge in [-0.25, -0.2) is 13.6 Å². The summed E-state index contributed by atoms with van der Waals surface area (Å²) in [4.78, 5) is 11.1. The van der Waals surface area contributed by atoms with E-state index in [4.69, 9.17) is 5.11 Å². The van der Waals surface area contributed by atoms with Gasteiger partial charge in [-0.3, -0.25) is 4.68 Å². The van der Waals surface area contributed by atoms with Crippen LogP contribution >= 0.6 is 0 Å². The third-order valence-corrected chi connectivity index (χ3v) is 2.64. The number of aryl methyl sites for hydroxylation is 1. The SMILES string of the molecule is CCCn1nc(-c2ccc(F)cc2F)cc1C(=O)O. The van der Waals surface area contributed by atoms with Crippen molar-refractivity contribution in [3.63, 3.8) is 0 Å². The van der Waals surface area contributed by atoms with Gasteiger partial charge in [-0.1, -0.05) is 6.92 Å². The number of nitrogens with zero attached hydrogens (tertiary/aromatic N) is 2. The number of carboxylic acids is 1. The molecule has 0 aliphatic rings. The smallest absolute Gasteiger partial charge is 0.354 e. The molecule has 1 heterocycles. The summed E-state index contributed by atoms with van der Waals surface area (Å²) >= 11 is 0. The van der Waals surface area contributed by atoms with Gasteiger partial charge in [0, 0.05) is 18.2 Å². The first-order chi connectivity index (χ1) is 9.02. The molecule has 0 unspecified atom stereocenters. The number of rotatable bonds is 4. The molecule has 0 radical (unpaired) electrons. The highest BCUT2D eigenvalue weighted by Gasteiger charge is 2.17. The predicted octanol–water partition coefficient (Wildman–Crippen LogP) is 2.94. The molecule has 19 heavy (non-hydrogen) atoms. The van der Waals surface area contributed by atoms with Crippen molar-refractivity contribution in [3.05, 3.63) is 41.6 Å². The van der Waals surface area contributed by atoms with Crippen molar-refractivity contribution in [1.82, 2.24) is 9.78 Å². The maximum atomic E-state index is 13.6. The second-order valence-electron chi connectivity index (χ2n) is 4.07. The first-order valence-corrected chi connectivity index (χ1v) is 5.79. The maximum Gasteiger partial charge on any atom is 0.354 e. The summed E-state index contributed by atoms with van der Waals surface area (Å²) in [5.41, 5.74) is 0.252. The molecular weight excluding hydrogens is 254 g/mol. The van der Waals surface area contributed by atoms with Gasteiger partial charge in [0.1, 0.15) is 17.3 Å². The number of hydrogen-bond donors (Lipinski definition) is 1. The maximum absolute atomic E-state index is 13.6. The van der Waals surface area contributed by atoms with Gasteiger partial charge in [-0.15, -0.1) is 0 Å². The Morgan fingerprint density at radius 3 is 2.68 bits per heavy atom. The molecule has 0 saturated heterocycles. The zero-order valence-corrected chi connectivity index (χ0v) is 10.2. The van der Waals surface area contributed by atoms with E-state index in [0.29, 0.717) is 13.0 Å². The van der Waals surface area contributed by atoms with Crippen molar-refractivity contribution < 1.29 is 18.7 Å². The number of aromatic carboxylic acids is 1. The molecule has 0 aliphatic carbocycles. The predicted molar refractivity (Wildman–Crippen MR) is 64.8 cm³/mol. The minimum atomic E-state index is -1.13. The molecule has 0 amide bonds. The Hall–Kier alpha value is -2.24. The lowest BCUT2D eigenvalue weighted by Crippen LogP contribution is -2.09. The van der Waals surface area contributed by atoms with Crippen LogP contribution in [-0.2, 0) is 6.54 Å². The molecule has 1 aromatic carbocycles. The monoisotopic (exact) mass is 266 g/mol. The number of carbonyl (C=O) groups is 1. The third kappa shape index (κ3) is 2.62. The quantitative estimate of drug-likeness (QED) is 0.925. The highest BCUT2D eigenvalue weighted by molar-refractivity contribution is 5.87. The Morgan fingerprint density at radius 2 is 2.11 bits per heavy atom. The zero-order valence-electron chi connectivity index (χ0n) is 10.2. The summed E-state index contributed by atoms with van der Waals surface area (Å²) in [6.45, 7) is 2.30. The van der Waals surface area contributed by atoms with Crippen LogP contribution in [0.4, 0.5) is 8.78 Å². The average Bonchev–Trinajstić information content (AvgIpc) is 2.73. The van der Waals surface area contributed by atoms with Crippen LogP contribution in [-0.4, -0.2) is 20.9 Å². The van der Waals surface area contributed by atoms with Gasteiger partial charge in [-0.2, -0.15) is 5.10 Å². The van der Waals surface area contributed by atoms with Gasteiger partial charge >= 0.3 is 5.97 Å². The fraction of sp³-hybridized carbons (Fsp3) is 0.231. The van der Waals surface area contributed by atoms with Gasteiger partial charge in [-0.05, 0) is 24.6 Å². The number of aromatic nitrogens is 2. The summed E-state index contributed by atoms with van der Waals surface area (Å²) in [7, 11) is 0. The molecule has 0 saturated carbocycles. The molecule has 100 valence electrons. The van der Waals surface area contributed by atoms with Crippen molar-refractivity contribution in [3.8, 4) is 11.3 Å². The highest BCUT2D eigenvalue weighted by atomic mass is 19.1. The first-order valence-electron chi connectivity index (χ1n) is 5.79. The third-order valence-electron chi connectivity index (χ3n) is 2.64. The van der Waals surface area contributed by atoms with Crippen molar-refractivity contribution in [2.24, 2.45) is 0 Å². The summed E-state index contributed by atoms with van der Waals surface area (Å²) in [5.74, 6) is -2.58. The van der Waals surface area contributed by atoms with E-state index in [1.54, 1.807) is 0 Å². The topological polar surface area (TPSA) is 55.1 Å². The van der Waals surface area contributed by atoms with Gasteiger partial charge in [0.25, 0.3) is 0 Å². The molecule has 0 bridgehead atoms. The summed E-state index contributed by atoms with van der Waals surface area (Å²) in [6.07, 6.45) is 0.702. The lowest BCUT2D eigenvalue weighted by molar-refractivity contribution is 0.0683. The van der Waals surface area contributed by atoms with E-state index < -0.39 is 17.6 Å². The minimum Gasteiger partial charge on any atom is -0.477 e. The Labute approximate surface area is 108 Å². The van der Waals surface area contributed by atoms with Gasteiger partial charge < -0.3 is 5.11 Å². The Kier molecular flexibility index (Phi) is 3.59. The average molecular weight is 266 g/mol. The molecule has 0 fully saturated rings. The van der Waals surface area contributed by atoms with E-state index in [2.05, 4.69) is 5.10 Å². The van der Waals surface area contributed by atoms with Crippen LogP contribution in [0.3, 0.4) is 0 Å². The van der Waals surface area contributed by atoms with Crippen LogP contribution in [0.2, 0.25) is 0 Å². The van der Waals surface area contributed by atoms with Gasteiger partial charge in [0.15, 0.2) is 0 Å². The fourth-order valence-corrected chi connectivity index (χ4v) is 1.80. The minimum absolute atomic E-state index is 0.0134. The van der Waals surface area contributed by atoms with Crippen molar-refractivity contribution >= 4 is 5.97 Å². The first kappa shape index (κ1) is 13.2. The molecule has 2 rings (SSSR count). The normalized spacial score (nSPS) is 10.7. The summed E-state index contributed by atoms with van der Waals surface area (Å²) in [5, 5.41) is 13.1. The molecule has 1 aromatic heterocycles. The standard InChI is InChI=1S/C13H12F2N2O2/c1-2-5-17-12(13(18)19)7-11(16-17)9-4-3-8(14)6-10(9)15/h3-4,6-7H,2,5H2,1H3,(H,18,19). The summed E-state index contributed by atoms with van der Waals surface area (Å²) in [6, 6.07) is 4.38. The largest absolute Gasteiger partial charge is 0.477 e. The van der Waals surface area contributed by atoms with Crippen LogP contribution in [0.25, 0.3) is 11.3 Å². The van der Waals surface area contributed by atoms with Crippen LogP contribution < -0.4 is 0 Å². The highest BCUT2D eigenvalue weighted by Crippen LogP contribution is 2.23. The molecule has 0 atom stereocenters. The molecule has 2 aromatic rings. The molecule has 6 heteroatoms. The van der Waals surface area contributed by atoms with Gasteiger partial charge in [0.2, 0.25) is 0 Å². The number of carboxylic acid groups (broad SMARTS) is 1. The van der Waals surface area contributed by atoms with Crippen LogP contribution in [0.15, 0.2) is 24.3 Å². The van der Waals surface area contributed by atoms with E-state index in [1.807, 2.05) is 6.92 Å². The van der Waals surface area contributed by atoms with Crippen LogP contribution in [0.1, 0.15) is 23.8 Å². The van der Waals surface area contributed by atoms with Crippen molar-refractivity contribution in [2.45, 2.75) is 19.9 Å². The van der Waals surface area contributed by atoms with E-state index in [1.165, 1.54) is 16.8 Å². The van der Waals surface area contributed by atoms with E-state index in [0.717, 1.165) is 12.1 Å². The second kappa shape index (κ2) is 5.17. The Morgan fingerprint density at radius 1 is 1.37 bits per heavy atom. The number of halogens is 2. The molecule has 0 aliphatic heterocycles. The molecule has 0 spiro atoms. The lowest BCUT2D eigenvalue weighted by atomic mass is 10.1. The van der Waals surface area contributed by atoms with Crippen molar-refractivity contribution in [2.75, 3.05) is 0 Å². The molecule has 4 nitrogen and oxygen atoms in total. The van der Waals surface area contributed by atoms with Crippen LogP contribution in [0.5, 0.6) is 0 Å². The van der Waals surface area contributed by atoms with Crippen LogP contribution in [0, 0.1) is 11.6 Å².